The van der Waals surface area contributed by atoms with Crippen molar-refractivity contribution in [3.05, 3.63) is 46.2 Å². The molecule has 1 aromatic heterocycles. The van der Waals surface area contributed by atoms with Crippen LogP contribution >= 0.6 is 11.6 Å². The maximum atomic E-state index is 11.9. The number of rotatable bonds is 7. The first-order valence-electron chi connectivity index (χ1n) is 7.61. The molecule has 23 heavy (non-hydrogen) atoms. The van der Waals surface area contributed by atoms with E-state index in [9.17, 15) is 4.79 Å². The molecule has 6 heteroatoms. The van der Waals surface area contributed by atoms with Crippen LogP contribution in [0.15, 0.2) is 24.3 Å². The van der Waals surface area contributed by atoms with Crippen LogP contribution in [0.25, 0.3) is 0 Å². The third-order valence-corrected chi connectivity index (χ3v) is 4.02. The first kappa shape index (κ1) is 17.3. The van der Waals surface area contributed by atoms with E-state index in [2.05, 4.69) is 10.4 Å². The van der Waals surface area contributed by atoms with Gasteiger partial charge in [0.1, 0.15) is 12.4 Å². The lowest BCUT2D eigenvalue weighted by atomic mass is 10.1. The molecule has 1 heterocycles. The molecule has 1 aromatic carbocycles. The Morgan fingerprint density at radius 1 is 1.30 bits per heavy atom. The van der Waals surface area contributed by atoms with Gasteiger partial charge in [-0.3, -0.25) is 9.48 Å². The second-order valence-corrected chi connectivity index (χ2v) is 5.86. The van der Waals surface area contributed by atoms with E-state index in [1.807, 2.05) is 25.6 Å². The minimum absolute atomic E-state index is 0.0207. The normalized spacial score (nSPS) is 10.6. The van der Waals surface area contributed by atoms with Gasteiger partial charge >= 0.3 is 0 Å². The van der Waals surface area contributed by atoms with Gasteiger partial charge in [-0.05, 0) is 50.1 Å². The minimum Gasteiger partial charge on any atom is -0.492 e. The van der Waals surface area contributed by atoms with E-state index in [0.29, 0.717) is 31.0 Å². The summed E-state index contributed by atoms with van der Waals surface area (Å²) in [5, 5.41) is 7.90. The lowest BCUT2D eigenvalue weighted by Crippen LogP contribution is -2.28. The Morgan fingerprint density at radius 2 is 2.00 bits per heavy atom. The summed E-state index contributed by atoms with van der Waals surface area (Å²) in [7, 11) is 1.92. The number of ether oxygens (including phenoxy) is 1. The molecule has 1 amide bonds. The highest BCUT2D eigenvalue weighted by atomic mass is 35.5. The van der Waals surface area contributed by atoms with Crippen LogP contribution in [-0.2, 0) is 18.3 Å². The van der Waals surface area contributed by atoms with Crippen molar-refractivity contribution in [3.8, 4) is 5.75 Å². The van der Waals surface area contributed by atoms with Crippen LogP contribution in [0.5, 0.6) is 5.75 Å². The molecule has 2 aromatic rings. The number of aromatic nitrogens is 2. The molecular formula is C17H22ClN3O2. The standard InChI is InChI=1S/C17H22ClN3O2/c1-12-16(13(2)21(3)20-12)8-9-17(22)19-10-11-23-15-6-4-14(18)5-7-15/h4-7H,8-11H2,1-3H3,(H,19,22). The summed E-state index contributed by atoms with van der Waals surface area (Å²) < 4.78 is 7.38. The smallest absolute Gasteiger partial charge is 0.220 e. The molecule has 0 aliphatic carbocycles. The van der Waals surface area contributed by atoms with Crippen molar-refractivity contribution < 1.29 is 9.53 Å². The van der Waals surface area contributed by atoms with Gasteiger partial charge < -0.3 is 10.1 Å². The van der Waals surface area contributed by atoms with Gasteiger partial charge in [-0.1, -0.05) is 11.6 Å². The summed E-state index contributed by atoms with van der Waals surface area (Å²) in [4.78, 5) is 11.9. The van der Waals surface area contributed by atoms with Gasteiger partial charge in [0, 0.05) is 24.2 Å². The van der Waals surface area contributed by atoms with E-state index in [-0.39, 0.29) is 5.91 Å². The largest absolute Gasteiger partial charge is 0.492 e. The highest BCUT2D eigenvalue weighted by Gasteiger charge is 2.11. The fourth-order valence-corrected chi connectivity index (χ4v) is 2.52. The molecule has 2 rings (SSSR count). The van der Waals surface area contributed by atoms with E-state index in [0.717, 1.165) is 22.7 Å². The van der Waals surface area contributed by atoms with Gasteiger partial charge in [-0.15, -0.1) is 0 Å². The van der Waals surface area contributed by atoms with Crippen LogP contribution in [0.2, 0.25) is 5.02 Å². The zero-order valence-electron chi connectivity index (χ0n) is 13.7. The second-order valence-electron chi connectivity index (χ2n) is 5.43. The van der Waals surface area contributed by atoms with Crippen LogP contribution in [0, 0.1) is 13.8 Å². The number of amides is 1. The molecule has 0 bridgehead atoms. The Hall–Kier alpha value is -2.01. The number of aryl methyl sites for hydroxylation is 2. The molecule has 0 radical (unpaired) electrons. The fourth-order valence-electron chi connectivity index (χ4n) is 2.40. The quantitative estimate of drug-likeness (QED) is 0.792. The molecule has 0 atom stereocenters. The molecule has 0 aliphatic rings. The van der Waals surface area contributed by atoms with Gasteiger partial charge in [0.2, 0.25) is 5.91 Å². The predicted molar refractivity (Wildman–Crippen MR) is 91.0 cm³/mol. The van der Waals surface area contributed by atoms with Gasteiger partial charge in [-0.2, -0.15) is 5.10 Å². The Bertz CT molecular complexity index is 665. The lowest BCUT2D eigenvalue weighted by Gasteiger charge is -2.08. The maximum absolute atomic E-state index is 11.9. The molecule has 0 saturated carbocycles. The average molecular weight is 336 g/mol. The molecule has 5 nitrogen and oxygen atoms in total. The number of nitrogens with one attached hydrogen (secondary N) is 1. The van der Waals surface area contributed by atoms with Crippen molar-refractivity contribution in [3.63, 3.8) is 0 Å². The number of nitrogens with zero attached hydrogens (tertiary/aromatic N) is 2. The van der Waals surface area contributed by atoms with Gasteiger partial charge in [0.05, 0.1) is 12.2 Å². The van der Waals surface area contributed by atoms with E-state index in [4.69, 9.17) is 16.3 Å². The second kappa shape index (κ2) is 8.02. The van der Waals surface area contributed by atoms with Crippen LogP contribution in [0.4, 0.5) is 0 Å². The number of hydrogen-bond acceptors (Lipinski definition) is 3. The highest BCUT2D eigenvalue weighted by Crippen LogP contribution is 2.15. The number of benzene rings is 1. The summed E-state index contributed by atoms with van der Waals surface area (Å²) in [6, 6.07) is 7.15. The number of hydrogen-bond donors (Lipinski definition) is 1. The van der Waals surface area contributed by atoms with Crippen molar-refractivity contribution in [2.24, 2.45) is 7.05 Å². The van der Waals surface area contributed by atoms with Crippen LogP contribution in [0.3, 0.4) is 0 Å². The van der Waals surface area contributed by atoms with Gasteiger partial charge in [0.25, 0.3) is 0 Å². The average Bonchev–Trinajstić information content (AvgIpc) is 2.76. The van der Waals surface area contributed by atoms with Gasteiger partial charge in [-0.25, -0.2) is 0 Å². The number of halogens is 1. The van der Waals surface area contributed by atoms with Gasteiger partial charge in [0.15, 0.2) is 0 Å². The third kappa shape index (κ3) is 4.99. The van der Waals surface area contributed by atoms with Crippen molar-refractivity contribution in [2.75, 3.05) is 13.2 Å². The molecule has 0 aliphatic heterocycles. The van der Waals surface area contributed by atoms with Crippen LogP contribution in [0.1, 0.15) is 23.4 Å². The maximum Gasteiger partial charge on any atom is 0.220 e. The van der Waals surface area contributed by atoms with E-state index in [1.165, 1.54) is 0 Å². The molecule has 1 N–H and O–H groups in total. The zero-order chi connectivity index (χ0) is 16.8. The van der Waals surface area contributed by atoms with Crippen LogP contribution in [-0.4, -0.2) is 28.8 Å². The lowest BCUT2D eigenvalue weighted by molar-refractivity contribution is -0.121. The predicted octanol–water partition coefficient (Wildman–Crippen LogP) is 2.82. The molecular weight excluding hydrogens is 314 g/mol. The number of carbonyl (C=O) groups is 1. The minimum atomic E-state index is 0.0207. The Morgan fingerprint density at radius 3 is 2.61 bits per heavy atom. The molecule has 0 fully saturated rings. The highest BCUT2D eigenvalue weighted by molar-refractivity contribution is 6.30. The Kier molecular flexibility index (Phi) is 6.04. The summed E-state index contributed by atoms with van der Waals surface area (Å²) >= 11 is 5.80. The topological polar surface area (TPSA) is 56.2 Å². The van der Waals surface area contributed by atoms with Crippen LogP contribution < -0.4 is 10.1 Å². The fraction of sp³-hybridized carbons (Fsp3) is 0.412. The molecule has 0 saturated heterocycles. The molecule has 0 unspecified atom stereocenters. The first-order valence-corrected chi connectivity index (χ1v) is 7.99. The monoisotopic (exact) mass is 335 g/mol. The summed E-state index contributed by atoms with van der Waals surface area (Å²) in [6.45, 7) is 4.90. The van der Waals surface area contributed by atoms with E-state index in [1.54, 1.807) is 24.3 Å². The van der Waals surface area contributed by atoms with Crippen molar-refractivity contribution >= 4 is 17.5 Å². The van der Waals surface area contributed by atoms with E-state index >= 15 is 0 Å². The van der Waals surface area contributed by atoms with Crippen molar-refractivity contribution in [1.82, 2.24) is 15.1 Å². The Labute approximate surface area is 141 Å². The Balaban J connectivity index is 1.68. The zero-order valence-corrected chi connectivity index (χ0v) is 14.5. The van der Waals surface area contributed by atoms with Crippen molar-refractivity contribution in [1.29, 1.82) is 0 Å². The molecule has 124 valence electrons. The summed E-state index contributed by atoms with van der Waals surface area (Å²) in [5.74, 6) is 0.762. The summed E-state index contributed by atoms with van der Waals surface area (Å²) in [5.41, 5.74) is 3.25. The van der Waals surface area contributed by atoms with E-state index < -0.39 is 0 Å². The molecule has 0 spiro atoms. The number of carbonyl (C=O) groups excluding carboxylic acids is 1. The first-order chi connectivity index (χ1) is 11.0. The third-order valence-electron chi connectivity index (χ3n) is 3.77. The van der Waals surface area contributed by atoms with Crippen molar-refractivity contribution in [2.45, 2.75) is 26.7 Å². The summed E-state index contributed by atoms with van der Waals surface area (Å²) in [6.07, 6.45) is 1.16. The SMILES string of the molecule is Cc1nn(C)c(C)c1CCC(=O)NCCOc1ccc(Cl)cc1.